The molecule has 1 aromatic carbocycles. The molecular formula is C19H23FN2O4. The normalized spacial score (nSPS) is 18.8. The van der Waals surface area contributed by atoms with Gasteiger partial charge in [-0.1, -0.05) is 17.3 Å². The second kappa shape index (κ2) is 8.29. The van der Waals surface area contributed by atoms with Crippen molar-refractivity contribution < 1.29 is 23.6 Å². The predicted molar refractivity (Wildman–Crippen MR) is 93.0 cm³/mol. The first kappa shape index (κ1) is 18.4. The highest BCUT2D eigenvalue weighted by Gasteiger charge is 2.35. The van der Waals surface area contributed by atoms with Gasteiger partial charge in [-0.2, -0.15) is 0 Å². The number of hydrogen-bond donors (Lipinski definition) is 0. The van der Waals surface area contributed by atoms with Crippen molar-refractivity contribution in [2.24, 2.45) is 11.1 Å². The van der Waals surface area contributed by atoms with Crippen molar-refractivity contribution in [3.63, 3.8) is 0 Å². The van der Waals surface area contributed by atoms with Gasteiger partial charge >= 0.3 is 5.97 Å². The number of oxime groups is 1. The van der Waals surface area contributed by atoms with Gasteiger partial charge in [-0.25, -0.2) is 4.39 Å². The second-order valence-corrected chi connectivity index (χ2v) is 6.63. The minimum atomic E-state index is -0.728. The fourth-order valence-electron chi connectivity index (χ4n) is 2.91. The SMILES string of the molecule is CCOC(=O)CCN(CC1CC1)C(=O)[C@H]1CC(c2cccc(F)c2)=NO1. The lowest BCUT2D eigenvalue weighted by atomic mass is 10.0. The summed E-state index contributed by atoms with van der Waals surface area (Å²) in [6.07, 6.45) is 1.92. The van der Waals surface area contributed by atoms with E-state index in [0.717, 1.165) is 12.8 Å². The average Bonchev–Trinajstić information content (AvgIpc) is 3.30. The number of benzene rings is 1. The van der Waals surface area contributed by atoms with E-state index in [9.17, 15) is 14.0 Å². The van der Waals surface area contributed by atoms with Crippen LogP contribution < -0.4 is 0 Å². The number of amides is 1. The summed E-state index contributed by atoms with van der Waals surface area (Å²) in [5, 5.41) is 3.96. The van der Waals surface area contributed by atoms with Gasteiger partial charge in [0.05, 0.1) is 18.7 Å². The topological polar surface area (TPSA) is 68.2 Å². The molecule has 3 rings (SSSR count). The van der Waals surface area contributed by atoms with E-state index in [-0.39, 0.29) is 24.1 Å². The van der Waals surface area contributed by atoms with Crippen molar-refractivity contribution in [3.8, 4) is 0 Å². The summed E-state index contributed by atoms with van der Waals surface area (Å²) in [5.41, 5.74) is 1.17. The van der Waals surface area contributed by atoms with Crippen LogP contribution in [0.4, 0.5) is 4.39 Å². The Kier molecular flexibility index (Phi) is 5.85. The van der Waals surface area contributed by atoms with Gasteiger partial charge in [0.2, 0.25) is 6.10 Å². The van der Waals surface area contributed by atoms with E-state index in [0.29, 0.717) is 43.3 Å². The van der Waals surface area contributed by atoms with E-state index in [4.69, 9.17) is 9.57 Å². The van der Waals surface area contributed by atoms with Crippen LogP contribution in [0.15, 0.2) is 29.4 Å². The van der Waals surface area contributed by atoms with Gasteiger partial charge in [0.25, 0.3) is 5.91 Å². The van der Waals surface area contributed by atoms with Crippen molar-refractivity contribution in [2.75, 3.05) is 19.7 Å². The smallest absolute Gasteiger partial charge is 0.307 e. The van der Waals surface area contributed by atoms with Crippen LogP contribution in [0.25, 0.3) is 0 Å². The number of esters is 1. The predicted octanol–water partition coefficient (Wildman–Crippen LogP) is 2.51. The van der Waals surface area contributed by atoms with Crippen LogP contribution in [0.5, 0.6) is 0 Å². The first-order chi connectivity index (χ1) is 12.6. The average molecular weight is 362 g/mol. The number of carbonyl (C=O) groups excluding carboxylic acids is 2. The number of ether oxygens (including phenoxy) is 1. The molecule has 1 fully saturated rings. The van der Waals surface area contributed by atoms with Crippen molar-refractivity contribution in [3.05, 3.63) is 35.6 Å². The molecule has 6 nitrogen and oxygen atoms in total. The largest absolute Gasteiger partial charge is 0.466 e. The Labute approximate surface area is 151 Å². The monoisotopic (exact) mass is 362 g/mol. The maximum absolute atomic E-state index is 13.4. The molecule has 0 spiro atoms. The lowest BCUT2D eigenvalue weighted by molar-refractivity contribution is -0.146. The van der Waals surface area contributed by atoms with Crippen LogP contribution >= 0.6 is 0 Å². The van der Waals surface area contributed by atoms with Crippen LogP contribution in [-0.4, -0.2) is 48.3 Å². The molecular weight excluding hydrogens is 339 g/mol. The molecule has 0 radical (unpaired) electrons. The highest BCUT2D eigenvalue weighted by molar-refractivity contribution is 6.04. The van der Waals surface area contributed by atoms with Gasteiger partial charge in [0, 0.05) is 25.1 Å². The molecule has 1 aliphatic heterocycles. The standard InChI is InChI=1S/C19H23FN2O4/c1-2-25-18(23)8-9-22(12-13-6-7-13)19(24)17-11-16(21-26-17)14-4-3-5-15(20)10-14/h3-5,10,13,17H,2,6-9,11-12H2,1H3/t17-/m1/s1. The van der Waals surface area contributed by atoms with E-state index in [2.05, 4.69) is 5.16 Å². The first-order valence-electron chi connectivity index (χ1n) is 9.00. The summed E-state index contributed by atoms with van der Waals surface area (Å²) in [6, 6.07) is 6.06. The maximum atomic E-state index is 13.4. The lowest BCUT2D eigenvalue weighted by Gasteiger charge is -2.24. The van der Waals surface area contributed by atoms with Gasteiger partial charge in [0.15, 0.2) is 0 Å². The highest BCUT2D eigenvalue weighted by atomic mass is 19.1. The third-order valence-corrected chi connectivity index (χ3v) is 4.48. The minimum absolute atomic E-state index is 0.163. The zero-order valence-corrected chi connectivity index (χ0v) is 14.8. The zero-order chi connectivity index (χ0) is 18.5. The molecule has 0 unspecified atom stereocenters. The molecule has 0 aromatic heterocycles. The number of nitrogens with zero attached hydrogens (tertiary/aromatic N) is 2. The molecule has 1 saturated carbocycles. The van der Waals surface area contributed by atoms with Crippen LogP contribution in [0.1, 0.15) is 38.2 Å². The van der Waals surface area contributed by atoms with Crippen LogP contribution in [0, 0.1) is 11.7 Å². The molecule has 140 valence electrons. The van der Waals surface area contributed by atoms with Crippen LogP contribution in [-0.2, 0) is 19.2 Å². The van der Waals surface area contributed by atoms with Gasteiger partial charge in [0.1, 0.15) is 5.82 Å². The summed E-state index contributed by atoms with van der Waals surface area (Å²) in [4.78, 5) is 31.4. The third kappa shape index (κ3) is 4.80. The summed E-state index contributed by atoms with van der Waals surface area (Å²) in [6.45, 7) is 3.01. The van der Waals surface area contributed by atoms with Gasteiger partial charge in [-0.05, 0) is 37.8 Å². The second-order valence-electron chi connectivity index (χ2n) is 6.63. The fourth-order valence-corrected chi connectivity index (χ4v) is 2.91. The quantitative estimate of drug-likeness (QED) is 0.667. The summed E-state index contributed by atoms with van der Waals surface area (Å²) >= 11 is 0. The van der Waals surface area contributed by atoms with Gasteiger partial charge < -0.3 is 14.5 Å². The molecule has 1 atom stereocenters. The maximum Gasteiger partial charge on any atom is 0.307 e. The lowest BCUT2D eigenvalue weighted by Crippen LogP contribution is -2.41. The summed E-state index contributed by atoms with van der Waals surface area (Å²) < 4.78 is 18.3. The third-order valence-electron chi connectivity index (χ3n) is 4.48. The Morgan fingerprint density at radius 1 is 1.38 bits per heavy atom. The number of halogens is 1. The summed E-state index contributed by atoms with van der Waals surface area (Å²) in [7, 11) is 0. The Morgan fingerprint density at radius 2 is 2.19 bits per heavy atom. The Morgan fingerprint density at radius 3 is 2.88 bits per heavy atom. The van der Waals surface area contributed by atoms with Gasteiger partial charge in [-0.3, -0.25) is 9.59 Å². The molecule has 1 amide bonds. The molecule has 0 N–H and O–H groups in total. The van der Waals surface area contributed by atoms with Crippen molar-refractivity contribution in [1.82, 2.24) is 4.90 Å². The molecule has 0 bridgehead atoms. The number of carbonyl (C=O) groups is 2. The molecule has 2 aliphatic rings. The minimum Gasteiger partial charge on any atom is -0.466 e. The van der Waals surface area contributed by atoms with E-state index in [1.807, 2.05) is 0 Å². The van der Waals surface area contributed by atoms with Crippen molar-refractivity contribution >= 4 is 17.6 Å². The molecule has 26 heavy (non-hydrogen) atoms. The number of rotatable bonds is 8. The highest BCUT2D eigenvalue weighted by Crippen LogP contribution is 2.30. The molecule has 7 heteroatoms. The van der Waals surface area contributed by atoms with E-state index in [1.54, 1.807) is 24.0 Å². The van der Waals surface area contributed by atoms with Crippen LogP contribution in [0.3, 0.4) is 0 Å². The Hall–Kier alpha value is -2.44. The zero-order valence-electron chi connectivity index (χ0n) is 14.8. The number of hydrogen-bond acceptors (Lipinski definition) is 5. The van der Waals surface area contributed by atoms with Crippen molar-refractivity contribution in [2.45, 2.75) is 38.7 Å². The van der Waals surface area contributed by atoms with E-state index >= 15 is 0 Å². The molecule has 1 aromatic rings. The van der Waals surface area contributed by atoms with E-state index in [1.165, 1.54) is 12.1 Å². The van der Waals surface area contributed by atoms with Gasteiger partial charge in [-0.15, -0.1) is 0 Å². The summed E-state index contributed by atoms with van der Waals surface area (Å²) in [5.74, 6) is -0.364. The molecule has 1 aliphatic carbocycles. The van der Waals surface area contributed by atoms with Crippen LogP contribution in [0.2, 0.25) is 0 Å². The Balaban J connectivity index is 1.59. The fraction of sp³-hybridized carbons (Fsp3) is 0.526. The first-order valence-corrected chi connectivity index (χ1v) is 9.00. The Bertz CT molecular complexity index is 703. The molecule has 0 saturated heterocycles. The molecule has 1 heterocycles. The van der Waals surface area contributed by atoms with E-state index < -0.39 is 6.10 Å². The van der Waals surface area contributed by atoms with Crippen molar-refractivity contribution in [1.29, 1.82) is 0 Å².